The molecule has 0 aliphatic carbocycles. The van der Waals surface area contributed by atoms with Crippen molar-refractivity contribution in [3.63, 3.8) is 0 Å². The van der Waals surface area contributed by atoms with Gasteiger partial charge in [-0.25, -0.2) is 13.8 Å². The average Bonchev–Trinajstić information content (AvgIpc) is 3.63. The first-order valence-electron chi connectivity index (χ1n) is 13.0. The van der Waals surface area contributed by atoms with Gasteiger partial charge in [-0.3, -0.25) is 18.8 Å². The predicted molar refractivity (Wildman–Crippen MR) is 144 cm³/mol. The molecule has 216 valence electrons. The van der Waals surface area contributed by atoms with Crippen molar-refractivity contribution in [2.24, 2.45) is 21.1 Å². The van der Waals surface area contributed by atoms with Gasteiger partial charge in [-0.1, -0.05) is 34.3 Å². The van der Waals surface area contributed by atoms with E-state index in [1.54, 1.807) is 18.8 Å². The molecular formula is C27H34F4N8O. The summed E-state index contributed by atoms with van der Waals surface area (Å²) < 4.78 is 59.4. The number of amides is 1. The molecule has 9 nitrogen and oxygen atoms in total. The highest BCUT2D eigenvalue weighted by molar-refractivity contribution is 6.05. The van der Waals surface area contributed by atoms with Gasteiger partial charge < -0.3 is 4.90 Å². The van der Waals surface area contributed by atoms with Crippen LogP contribution in [0, 0.1) is 0 Å². The second-order valence-electron chi connectivity index (χ2n) is 8.64. The van der Waals surface area contributed by atoms with Gasteiger partial charge >= 0.3 is 5.92 Å². The Morgan fingerprint density at radius 3 is 2.35 bits per heavy atom. The molecule has 5 rings (SSSR count). The summed E-state index contributed by atoms with van der Waals surface area (Å²) >= 11 is 0. The summed E-state index contributed by atoms with van der Waals surface area (Å²) in [5, 5.41) is 13.2. The topological polar surface area (TPSA) is 86.7 Å². The number of allylic oxidation sites excluding steroid dienone is 1. The van der Waals surface area contributed by atoms with Gasteiger partial charge in [0.1, 0.15) is 17.1 Å². The van der Waals surface area contributed by atoms with Crippen LogP contribution in [0.5, 0.6) is 0 Å². The zero-order valence-electron chi connectivity index (χ0n) is 23.7. The standard InChI is InChI=1S/C23H22F4N8O.2C2H6/c1-5-23(26,27)18-9-15(30-32(18)2)19-12-6-7-35(11-17(12)31-33(19)3)22(36)13-8-16(20(24)25)29-21-14(13)10-28-34(21)4;2*1-2/h5,8-10,20H,1,6-7,11H2,2-4H3;2*1-2H3. The van der Waals surface area contributed by atoms with Crippen molar-refractivity contribution in [2.75, 3.05) is 6.54 Å². The summed E-state index contributed by atoms with van der Waals surface area (Å²) in [7, 11) is 4.67. The molecule has 0 unspecified atom stereocenters. The molecule has 0 atom stereocenters. The number of aryl methyl sites for hydroxylation is 3. The summed E-state index contributed by atoms with van der Waals surface area (Å²) in [4.78, 5) is 18.9. The lowest BCUT2D eigenvalue weighted by atomic mass is 10.0. The third kappa shape index (κ3) is 5.36. The second-order valence-corrected chi connectivity index (χ2v) is 8.64. The van der Waals surface area contributed by atoms with Crippen LogP contribution in [-0.2, 0) is 40.0 Å². The van der Waals surface area contributed by atoms with E-state index in [2.05, 4.69) is 26.9 Å². The van der Waals surface area contributed by atoms with Gasteiger partial charge in [-0.05, 0) is 24.6 Å². The van der Waals surface area contributed by atoms with Crippen molar-refractivity contribution < 1.29 is 22.4 Å². The van der Waals surface area contributed by atoms with Crippen molar-refractivity contribution >= 4 is 16.9 Å². The van der Waals surface area contributed by atoms with Crippen LogP contribution >= 0.6 is 0 Å². The maximum absolute atomic E-state index is 14.2. The number of carbonyl (C=O) groups excluding carboxylic acids is 1. The minimum atomic E-state index is -3.25. The Labute approximate surface area is 230 Å². The van der Waals surface area contributed by atoms with E-state index in [0.29, 0.717) is 35.0 Å². The molecule has 0 aromatic carbocycles. The Morgan fingerprint density at radius 1 is 1.05 bits per heavy atom. The number of alkyl halides is 4. The van der Waals surface area contributed by atoms with Crippen LogP contribution in [0.15, 0.2) is 31.0 Å². The molecule has 1 aliphatic rings. The molecule has 0 N–H and O–H groups in total. The zero-order chi connectivity index (χ0) is 29.9. The molecule has 0 radical (unpaired) electrons. The van der Waals surface area contributed by atoms with Gasteiger partial charge in [0.05, 0.1) is 35.1 Å². The van der Waals surface area contributed by atoms with E-state index < -0.39 is 23.9 Å². The highest BCUT2D eigenvalue weighted by Gasteiger charge is 2.34. The molecule has 4 aromatic rings. The maximum Gasteiger partial charge on any atom is 0.307 e. The zero-order valence-corrected chi connectivity index (χ0v) is 23.7. The maximum atomic E-state index is 14.2. The molecule has 0 saturated heterocycles. The molecule has 13 heteroatoms. The lowest BCUT2D eigenvalue weighted by Gasteiger charge is -2.27. The fourth-order valence-corrected chi connectivity index (χ4v) is 4.61. The van der Waals surface area contributed by atoms with Crippen LogP contribution in [0.1, 0.15) is 67.1 Å². The molecule has 4 aromatic heterocycles. The molecule has 0 bridgehead atoms. The number of hydrogen-bond acceptors (Lipinski definition) is 5. The summed E-state index contributed by atoms with van der Waals surface area (Å²) in [6, 6.07) is 2.41. The van der Waals surface area contributed by atoms with Crippen molar-refractivity contribution in [2.45, 2.75) is 53.0 Å². The molecule has 5 heterocycles. The molecule has 1 amide bonds. The minimum absolute atomic E-state index is 0.0871. The number of carbonyl (C=O) groups is 1. The van der Waals surface area contributed by atoms with Crippen LogP contribution in [0.2, 0.25) is 0 Å². The molecular weight excluding hydrogens is 528 g/mol. The smallest absolute Gasteiger partial charge is 0.307 e. The van der Waals surface area contributed by atoms with E-state index in [1.165, 1.54) is 28.9 Å². The van der Waals surface area contributed by atoms with Crippen LogP contribution in [0.3, 0.4) is 0 Å². The first kappa shape index (κ1) is 30.5. The number of halogens is 4. The number of pyridine rings is 1. The number of hydrogen-bond donors (Lipinski definition) is 0. The highest BCUT2D eigenvalue weighted by Crippen LogP contribution is 2.35. The molecule has 0 saturated carbocycles. The first-order chi connectivity index (χ1) is 19.0. The summed E-state index contributed by atoms with van der Waals surface area (Å²) in [5.74, 6) is -3.69. The summed E-state index contributed by atoms with van der Waals surface area (Å²) in [6.45, 7) is 11.6. The van der Waals surface area contributed by atoms with Crippen molar-refractivity contribution in [3.05, 3.63) is 59.2 Å². The Balaban J connectivity index is 0.00000106. The minimum Gasteiger partial charge on any atom is -0.332 e. The molecule has 1 aliphatic heterocycles. The van der Waals surface area contributed by atoms with Gasteiger partial charge in [0.25, 0.3) is 12.3 Å². The van der Waals surface area contributed by atoms with Crippen LogP contribution in [-0.4, -0.2) is 51.7 Å². The number of fused-ring (bicyclic) bond motifs is 2. The number of rotatable bonds is 5. The van der Waals surface area contributed by atoms with Crippen molar-refractivity contribution in [1.82, 2.24) is 39.2 Å². The SMILES string of the molecule is C=CC(F)(F)c1cc(-c2c3c(nn2C)CN(C(=O)c2cc(C(F)F)nc4c2cnn4C)CC3)nn1C.CC.CC. The van der Waals surface area contributed by atoms with Crippen molar-refractivity contribution in [3.8, 4) is 11.4 Å². The van der Waals surface area contributed by atoms with E-state index in [1.807, 2.05) is 27.7 Å². The Hall–Kier alpha value is -4.03. The lowest BCUT2D eigenvalue weighted by Crippen LogP contribution is -2.36. The molecule has 0 spiro atoms. The molecule has 40 heavy (non-hydrogen) atoms. The van der Waals surface area contributed by atoms with Crippen LogP contribution in [0.25, 0.3) is 22.4 Å². The number of nitrogens with zero attached hydrogens (tertiary/aromatic N) is 8. The predicted octanol–water partition coefficient (Wildman–Crippen LogP) is 5.57. The third-order valence-electron chi connectivity index (χ3n) is 6.39. The van der Waals surface area contributed by atoms with Gasteiger partial charge in [-0.15, -0.1) is 0 Å². The quantitative estimate of drug-likeness (QED) is 0.235. The number of aromatic nitrogens is 7. The van der Waals surface area contributed by atoms with E-state index in [0.717, 1.165) is 16.3 Å². The second kappa shape index (κ2) is 12.0. The van der Waals surface area contributed by atoms with E-state index in [-0.39, 0.29) is 30.0 Å². The highest BCUT2D eigenvalue weighted by atomic mass is 19.3. The van der Waals surface area contributed by atoms with Gasteiger partial charge in [0, 0.05) is 33.3 Å². The third-order valence-corrected chi connectivity index (χ3v) is 6.39. The average molecular weight is 563 g/mol. The Kier molecular flexibility index (Phi) is 9.16. The normalized spacial score (nSPS) is 12.9. The largest absolute Gasteiger partial charge is 0.332 e. The fraction of sp³-hybridized carbons (Fsp3) is 0.444. The monoisotopic (exact) mass is 562 g/mol. The fourth-order valence-electron chi connectivity index (χ4n) is 4.61. The van der Waals surface area contributed by atoms with E-state index in [9.17, 15) is 22.4 Å². The Morgan fingerprint density at radius 2 is 1.73 bits per heavy atom. The van der Waals surface area contributed by atoms with Gasteiger partial charge in [-0.2, -0.15) is 24.1 Å². The van der Waals surface area contributed by atoms with Gasteiger partial charge in [0.15, 0.2) is 5.65 Å². The first-order valence-corrected chi connectivity index (χ1v) is 13.0. The summed E-state index contributed by atoms with van der Waals surface area (Å²) in [6.07, 6.45) is -0.472. The van der Waals surface area contributed by atoms with Crippen LogP contribution in [0.4, 0.5) is 17.6 Å². The van der Waals surface area contributed by atoms with E-state index in [4.69, 9.17) is 0 Å². The molecule has 0 fully saturated rings. The lowest BCUT2D eigenvalue weighted by molar-refractivity contribution is 0.0433. The van der Waals surface area contributed by atoms with Crippen molar-refractivity contribution in [1.29, 1.82) is 0 Å². The van der Waals surface area contributed by atoms with Crippen LogP contribution < -0.4 is 0 Å². The Bertz CT molecular complexity index is 1520. The van der Waals surface area contributed by atoms with Gasteiger partial charge in [0.2, 0.25) is 0 Å². The summed E-state index contributed by atoms with van der Waals surface area (Å²) in [5.41, 5.74) is 1.76. The van der Waals surface area contributed by atoms with E-state index >= 15 is 0 Å².